The van der Waals surface area contributed by atoms with E-state index in [0.717, 1.165) is 30.5 Å². The van der Waals surface area contributed by atoms with Crippen LogP contribution in [0.2, 0.25) is 0 Å². The number of aryl methyl sites for hydroxylation is 1. The molecule has 3 N–H and O–H groups in total. The molecule has 0 fully saturated rings. The van der Waals surface area contributed by atoms with Crippen molar-refractivity contribution in [2.75, 3.05) is 0 Å². The van der Waals surface area contributed by atoms with Crippen molar-refractivity contribution >= 4 is 0 Å². The van der Waals surface area contributed by atoms with E-state index in [-0.39, 0.29) is 17.4 Å². The number of hydrogen-bond acceptors (Lipinski definition) is 4. The number of pyridine rings is 1. The van der Waals surface area contributed by atoms with E-state index in [9.17, 15) is 10.2 Å². The molecule has 2 aliphatic rings. The first-order chi connectivity index (χ1) is 9.74. The van der Waals surface area contributed by atoms with Gasteiger partial charge in [0.05, 0.1) is 0 Å². The molecule has 20 heavy (non-hydrogen) atoms. The van der Waals surface area contributed by atoms with Crippen LogP contribution in [-0.4, -0.2) is 21.2 Å². The van der Waals surface area contributed by atoms with Gasteiger partial charge < -0.3 is 15.5 Å². The summed E-state index contributed by atoms with van der Waals surface area (Å²) in [6.45, 7) is 0.851. The molecule has 0 bridgehead atoms. The maximum absolute atomic E-state index is 9.83. The Morgan fingerprint density at radius 2 is 1.95 bits per heavy atom. The van der Waals surface area contributed by atoms with Crippen molar-refractivity contribution in [3.8, 4) is 11.5 Å². The molecule has 0 radical (unpaired) electrons. The first-order valence-electron chi connectivity index (χ1n) is 6.95. The maximum atomic E-state index is 9.83. The number of rotatable bonds is 0. The molecule has 1 aromatic carbocycles. The van der Waals surface area contributed by atoms with Crippen molar-refractivity contribution < 1.29 is 10.2 Å². The summed E-state index contributed by atoms with van der Waals surface area (Å²) in [6.07, 6.45) is 5.71. The SMILES string of the molecule is Oc1cc2c(cc1O)C1c3ccncc3CNC1CC2. The fraction of sp³-hybridized carbons (Fsp3) is 0.312. The normalized spacial score (nSPS) is 23.6. The van der Waals surface area contributed by atoms with Crippen molar-refractivity contribution in [1.29, 1.82) is 0 Å². The minimum absolute atomic E-state index is 0.0269. The zero-order valence-electron chi connectivity index (χ0n) is 11.0. The topological polar surface area (TPSA) is 65.4 Å². The van der Waals surface area contributed by atoms with Gasteiger partial charge in [-0.15, -0.1) is 0 Å². The van der Waals surface area contributed by atoms with Crippen LogP contribution in [0.5, 0.6) is 11.5 Å². The molecule has 0 spiro atoms. The van der Waals surface area contributed by atoms with Gasteiger partial charge in [0, 0.05) is 30.9 Å². The largest absolute Gasteiger partial charge is 0.504 e. The Morgan fingerprint density at radius 3 is 2.85 bits per heavy atom. The van der Waals surface area contributed by atoms with Crippen LogP contribution in [0.4, 0.5) is 0 Å². The Labute approximate surface area is 117 Å². The Bertz CT molecular complexity index is 684. The second kappa shape index (κ2) is 4.21. The molecule has 1 aliphatic heterocycles. The van der Waals surface area contributed by atoms with E-state index < -0.39 is 0 Å². The number of aromatic hydroxyl groups is 2. The Hall–Kier alpha value is -2.07. The number of nitrogens with zero attached hydrogens (tertiary/aromatic N) is 1. The lowest BCUT2D eigenvalue weighted by Gasteiger charge is -2.39. The van der Waals surface area contributed by atoms with Gasteiger partial charge in [-0.1, -0.05) is 0 Å². The van der Waals surface area contributed by atoms with Crippen LogP contribution in [0, 0.1) is 0 Å². The van der Waals surface area contributed by atoms with Crippen LogP contribution in [0.15, 0.2) is 30.6 Å². The molecule has 0 saturated heterocycles. The second-order valence-corrected chi connectivity index (χ2v) is 5.62. The fourth-order valence-corrected chi connectivity index (χ4v) is 3.57. The quantitative estimate of drug-likeness (QED) is 0.640. The summed E-state index contributed by atoms with van der Waals surface area (Å²) in [5.41, 5.74) is 4.76. The van der Waals surface area contributed by atoms with Gasteiger partial charge in [0.2, 0.25) is 0 Å². The van der Waals surface area contributed by atoms with Crippen molar-refractivity contribution in [2.24, 2.45) is 0 Å². The molecule has 2 aromatic rings. The Morgan fingerprint density at radius 1 is 1.10 bits per heavy atom. The molecule has 2 atom stereocenters. The van der Waals surface area contributed by atoms with E-state index in [2.05, 4.69) is 16.4 Å². The minimum Gasteiger partial charge on any atom is -0.504 e. The third kappa shape index (κ3) is 1.61. The van der Waals surface area contributed by atoms with Gasteiger partial charge in [-0.3, -0.25) is 4.98 Å². The number of phenols is 2. The average Bonchev–Trinajstić information content (AvgIpc) is 2.48. The third-order valence-corrected chi connectivity index (χ3v) is 4.53. The van der Waals surface area contributed by atoms with E-state index in [4.69, 9.17) is 0 Å². The van der Waals surface area contributed by atoms with E-state index in [0.29, 0.717) is 6.04 Å². The highest BCUT2D eigenvalue weighted by Gasteiger charge is 2.35. The van der Waals surface area contributed by atoms with Crippen LogP contribution >= 0.6 is 0 Å². The Balaban J connectivity index is 1.92. The van der Waals surface area contributed by atoms with Gasteiger partial charge in [0.15, 0.2) is 11.5 Å². The standard InChI is InChI=1S/C16H16N2O2/c19-14-5-9-1-2-13-16(12(9)6-15(14)20)11-3-4-17-7-10(11)8-18-13/h3-7,13,16,18-20H,1-2,8H2. The highest BCUT2D eigenvalue weighted by atomic mass is 16.3. The van der Waals surface area contributed by atoms with Crippen molar-refractivity contribution in [2.45, 2.75) is 31.3 Å². The summed E-state index contributed by atoms with van der Waals surface area (Å²) >= 11 is 0. The molecule has 1 aliphatic carbocycles. The lowest BCUT2D eigenvalue weighted by molar-refractivity contribution is 0.379. The molecule has 0 amide bonds. The van der Waals surface area contributed by atoms with Gasteiger partial charge in [-0.2, -0.15) is 0 Å². The molecule has 4 nitrogen and oxygen atoms in total. The lowest BCUT2D eigenvalue weighted by Crippen LogP contribution is -2.42. The minimum atomic E-state index is -0.0365. The number of fused-ring (bicyclic) bond motifs is 5. The van der Waals surface area contributed by atoms with E-state index in [1.54, 1.807) is 12.1 Å². The summed E-state index contributed by atoms with van der Waals surface area (Å²) in [5, 5.41) is 23.1. The van der Waals surface area contributed by atoms with E-state index >= 15 is 0 Å². The zero-order chi connectivity index (χ0) is 13.7. The monoisotopic (exact) mass is 268 g/mol. The molecule has 1 aromatic heterocycles. The van der Waals surface area contributed by atoms with Gasteiger partial charge >= 0.3 is 0 Å². The second-order valence-electron chi connectivity index (χ2n) is 5.62. The predicted octanol–water partition coefficient (Wildman–Crippen LogP) is 2.04. The van der Waals surface area contributed by atoms with Gasteiger partial charge in [0.25, 0.3) is 0 Å². The highest BCUT2D eigenvalue weighted by Crippen LogP contribution is 2.43. The molecular weight excluding hydrogens is 252 g/mol. The van der Waals surface area contributed by atoms with Gasteiger partial charge in [-0.05, 0) is 53.3 Å². The zero-order valence-corrected chi connectivity index (χ0v) is 11.0. The molecule has 2 unspecified atom stereocenters. The molecule has 2 heterocycles. The first kappa shape index (κ1) is 11.7. The van der Waals surface area contributed by atoms with Crippen LogP contribution in [0.1, 0.15) is 34.6 Å². The first-order valence-corrected chi connectivity index (χ1v) is 6.95. The van der Waals surface area contributed by atoms with Crippen molar-refractivity contribution in [3.05, 3.63) is 52.8 Å². The summed E-state index contributed by atoms with van der Waals surface area (Å²) in [4.78, 5) is 4.19. The predicted molar refractivity (Wildman–Crippen MR) is 74.8 cm³/mol. The van der Waals surface area contributed by atoms with Crippen LogP contribution in [0.25, 0.3) is 0 Å². The smallest absolute Gasteiger partial charge is 0.157 e. The number of hydrogen-bond donors (Lipinski definition) is 3. The van der Waals surface area contributed by atoms with Crippen LogP contribution in [-0.2, 0) is 13.0 Å². The number of aromatic nitrogens is 1. The lowest BCUT2D eigenvalue weighted by atomic mass is 9.73. The summed E-state index contributed by atoms with van der Waals surface area (Å²) in [6, 6.07) is 5.89. The van der Waals surface area contributed by atoms with E-state index in [1.807, 2.05) is 12.4 Å². The average molecular weight is 268 g/mol. The Kier molecular flexibility index (Phi) is 2.47. The molecule has 4 heteroatoms. The van der Waals surface area contributed by atoms with Crippen molar-refractivity contribution in [3.63, 3.8) is 0 Å². The third-order valence-electron chi connectivity index (χ3n) is 4.53. The van der Waals surface area contributed by atoms with Gasteiger partial charge in [0.1, 0.15) is 0 Å². The maximum Gasteiger partial charge on any atom is 0.157 e. The summed E-state index contributed by atoms with van der Waals surface area (Å²) < 4.78 is 0. The van der Waals surface area contributed by atoms with E-state index in [1.165, 1.54) is 11.1 Å². The molecule has 4 rings (SSSR count). The summed E-state index contributed by atoms with van der Waals surface area (Å²) in [5.74, 6) is 0.170. The molecule has 102 valence electrons. The van der Waals surface area contributed by atoms with Crippen LogP contribution in [0.3, 0.4) is 0 Å². The fourth-order valence-electron chi connectivity index (χ4n) is 3.57. The van der Waals surface area contributed by atoms with Crippen LogP contribution < -0.4 is 5.32 Å². The number of phenolic OH excluding ortho intramolecular Hbond substituents is 2. The number of benzene rings is 1. The molecule has 0 saturated carbocycles. The summed E-state index contributed by atoms with van der Waals surface area (Å²) in [7, 11) is 0. The van der Waals surface area contributed by atoms with Crippen molar-refractivity contribution in [1.82, 2.24) is 10.3 Å². The number of nitrogens with one attached hydrogen (secondary N) is 1. The van der Waals surface area contributed by atoms with Gasteiger partial charge in [-0.25, -0.2) is 0 Å². The molecular formula is C16H16N2O2. The highest BCUT2D eigenvalue weighted by molar-refractivity contribution is 5.52.